The molecular formula is C14H20N4O. The first-order valence-corrected chi connectivity index (χ1v) is 6.90. The Kier molecular flexibility index (Phi) is 4.69. The number of hydrogen-bond acceptors (Lipinski definition) is 5. The molecule has 5 nitrogen and oxygen atoms in total. The van der Waals surface area contributed by atoms with E-state index in [4.69, 9.17) is 15.7 Å². The first kappa shape index (κ1) is 13.8. The highest BCUT2D eigenvalue weighted by Gasteiger charge is 2.28. The Morgan fingerprint density at radius 3 is 2.79 bits per heavy atom. The summed E-state index contributed by atoms with van der Waals surface area (Å²) in [6, 6.07) is 1.98. The minimum atomic E-state index is -0.0969. The summed E-state index contributed by atoms with van der Waals surface area (Å²) >= 11 is 0. The van der Waals surface area contributed by atoms with Crippen LogP contribution >= 0.6 is 0 Å². The summed E-state index contributed by atoms with van der Waals surface area (Å²) in [7, 11) is 0. The lowest BCUT2D eigenvalue weighted by atomic mass is 9.85. The summed E-state index contributed by atoms with van der Waals surface area (Å²) in [6.45, 7) is 2.60. The number of aromatic nitrogens is 2. The zero-order valence-electron chi connectivity index (χ0n) is 11.3. The van der Waals surface area contributed by atoms with Gasteiger partial charge in [0.15, 0.2) is 5.82 Å². The molecule has 102 valence electrons. The Bertz CT molecular complexity index is 463. The van der Waals surface area contributed by atoms with Crippen LogP contribution in [0.2, 0.25) is 0 Å². The molecule has 1 aromatic rings. The SMILES string of the molecule is CCOC(c1ncc(C#N)c(N)n1)C1CCCCC1. The first-order valence-electron chi connectivity index (χ1n) is 6.90. The minimum absolute atomic E-state index is 0.0969. The second-order valence-electron chi connectivity index (χ2n) is 4.91. The predicted octanol–water partition coefficient (Wildman–Crippen LogP) is 2.59. The fourth-order valence-corrected chi connectivity index (χ4v) is 2.67. The summed E-state index contributed by atoms with van der Waals surface area (Å²) in [5.41, 5.74) is 6.09. The number of nitrogens with two attached hydrogens (primary N) is 1. The van der Waals surface area contributed by atoms with E-state index in [0.717, 1.165) is 12.8 Å². The largest absolute Gasteiger partial charge is 0.382 e. The van der Waals surface area contributed by atoms with Crippen molar-refractivity contribution in [3.05, 3.63) is 17.6 Å². The van der Waals surface area contributed by atoms with Crippen molar-refractivity contribution in [1.82, 2.24) is 9.97 Å². The van der Waals surface area contributed by atoms with Gasteiger partial charge in [-0.2, -0.15) is 5.26 Å². The normalized spacial score (nSPS) is 17.9. The maximum Gasteiger partial charge on any atom is 0.159 e. The molecule has 1 atom stereocenters. The fraction of sp³-hybridized carbons (Fsp3) is 0.643. The van der Waals surface area contributed by atoms with Crippen molar-refractivity contribution in [2.75, 3.05) is 12.3 Å². The second kappa shape index (κ2) is 6.48. The quantitative estimate of drug-likeness (QED) is 0.899. The van der Waals surface area contributed by atoms with Crippen LogP contribution in [0.4, 0.5) is 5.82 Å². The van der Waals surface area contributed by atoms with Crippen LogP contribution in [0.5, 0.6) is 0 Å². The van der Waals surface area contributed by atoms with E-state index in [1.54, 1.807) is 0 Å². The van der Waals surface area contributed by atoms with Gasteiger partial charge in [0, 0.05) is 6.61 Å². The van der Waals surface area contributed by atoms with Gasteiger partial charge in [-0.1, -0.05) is 19.3 Å². The summed E-state index contributed by atoms with van der Waals surface area (Å²) in [5.74, 6) is 1.32. The van der Waals surface area contributed by atoms with E-state index in [0.29, 0.717) is 23.9 Å². The molecule has 1 aliphatic carbocycles. The third-order valence-electron chi connectivity index (χ3n) is 3.64. The van der Waals surface area contributed by atoms with Crippen molar-refractivity contribution < 1.29 is 4.74 Å². The number of hydrogen-bond donors (Lipinski definition) is 1. The van der Waals surface area contributed by atoms with Crippen molar-refractivity contribution >= 4 is 5.82 Å². The summed E-state index contributed by atoms with van der Waals surface area (Å²) in [5, 5.41) is 8.86. The summed E-state index contributed by atoms with van der Waals surface area (Å²) < 4.78 is 5.83. The zero-order valence-corrected chi connectivity index (χ0v) is 11.3. The Morgan fingerprint density at radius 1 is 1.47 bits per heavy atom. The van der Waals surface area contributed by atoms with Crippen LogP contribution in [0.1, 0.15) is 56.5 Å². The van der Waals surface area contributed by atoms with Crippen molar-refractivity contribution in [2.24, 2.45) is 5.92 Å². The molecule has 1 aliphatic rings. The van der Waals surface area contributed by atoms with Gasteiger partial charge in [0.25, 0.3) is 0 Å². The number of nitriles is 1. The number of nitrogen functional groups attached to an aromatic ring is 1. The molecule has 1 fully saturated rings. The topological polar surface area (TPSA) is 84.8 Å². The van der Waals surface area contributed by atoms with E-state index in [1.807, 2.05) is 13.0 Å². The van der Waals surface area contributed by atoms with Crippen molar-refractivity contribution in [3.63, 3.8) is 0 Å². The average molecular weight is 260 g/mol. The van der Waals surface area contributed by atoms with Crippen molar-refractivity contribution in [1.29, 1.82) is 5.26 Å². The molecule has 5 heteroatoms. The van der Waals surface area contributed by atoms with Crippen LogP contribution in [0.25, 0.3) is 0 Å². The maximum atomic E-state index is 8.86. The lowest BCUT2D eigenvalue weighted by Gasteiger charge is -2.29. The number of ether oxygens (including phenoxy) is 1. The van der Waals surface area contributed by atoms with Crippen LogP contribution in [0, 0.1) is 17.2 Å². The van der Waals surface area contributed by atoms with Gasteiger partial charge in [-0.15, -0.1) is 0 Å². The highest BCUT2D eigenvalue weighted by Crippen LogP contribution is 2.35. The second-order valence-corrected chi connectivity index (χ2v) is 4.91. The van der Waals surface area contributed by atoms with Gasteiger partial charge in [-0.3, -0.25) is 0 Å². The van der Waals surface area contributed by atoms with Gasteiger partial charge in [0.1, 0.15) is 23.6 Å². The molecule has 1 heterocycles. The smallest absolute Gasteiger partial charge is 0.159 e. The number of nitrogens with zero attached hydrogens (tertiary/aromatic N) is 3. The molecule has 19 heavy (non-hydrogen) atoms. The molecule has 1 aromatic heterocycles. The maximum absolute atomic E-state index is 8.86. The molecule has 0 aromatic carbocycles. The lowest BCUT2D eigenvalue weighted by Crippen LogP contribution is -2.21. The molecule has 0 aliphatic heterocycles. The first-order chi connectivity index (χ1) is 9.26. The Labute approximate surface area is 113 Å². The minimum Gasteiger partial charge on any atom is -0.382 e. The Morgan fingerprint density at radius 2 is 2.21 bits per heavy atom. The molecule has 0 spiro atoms. The number of rotatable bonds is 4. The van der Waals surface area contributed by atoms with Gasteiger partial charge in [0.2, 0.25) is 0 Å². The summed E-state index contributed by atoms with van der Waals surface area (Å²) in [4.78, 5) is 8.52. The van der Waals surface area contributed by atoms with Gasteiger partial charge in [-0.25, -0.2) is 9.97 Å². The zero-order chi connectivity index (χ0) is 13.7. The van der Waals surface area contributed by atoms with Crippen LogP contribution in [0.3, 0.4) is 0 Å². The highest BCUT2D eigenvalue weighted by atomic mass is 16.5. The molecular weight excluding hydrogens is 240 g/mol. The van der Waals surface area contributed by atoms with Gasteiger partial charge in [-0.05, 0) is 25.7 Å². The standard InChI is InChI=1S/C14H20N4O/c1-2-19-12(10-6-4-3-5-7-10)14-17-9-11(8-15)13(16)18-14/h9-10,12H,2-7H2,1H3,(H2,16,17,18). The van der Waals surface area contributed by atoms with Crippen LogP contribution in [-0.4, -0.2) is 16.6 Å². The van der Waals surface area contributed by atoms with Gasteiger partial charge < -0.3 is 10.5 Å². The molecule has 0 radical (unpaired) electrons. The van der Waals surface area contributed by atoms with E-state index in [1.165, 1.54) is 25.5 Å². The average Bonchev–Trinajstić information content (AvgIpc) is 2.45. The van der Waals surface area contributed by atoms with Gasteiger partial charge >= 0.3 is 0 Å². The van der Waals surface area contributed by atoms with Gasteiger partial charge in [0.05, 0.1) is 6.20 Å². The van der Waals surface area contributed by atoms with E-state index >= 15 is 0 Å². The molecule has 0 saturated heterocycles. The van der Waals surface area contributed by atoms with E-state index in [-0.39, 0.29) is 11.9 Å². The molecule has 1 unspecified atom stereocenters. The molecule has 0 amide bonds. The molecule has 0 bridgehead atoms. The predicted molar refractivity (Wildman–Crippen MR) is 72.1 cm³/mol. The third kappa shape index (κ3) is 3.21. The molecule has 2 rings (SSSR count). The van der Waals surface area contributed by atoms with Crippen molar-refractivity contribution in [2.45, 2.75) is 45.1 Å². The lowest BCUT2D eigenvalue weighted by molar-refractivity contribution is -0.000102. The summed E-state index contributed by atoms with van der Waals surface area (Å²) in [6.07, 6.45) is 7.46. The molecule has 1 saturated carbocycles. The van der Waals surface area contributed by atoms with E-state index < -0.39 is 0 Å². The fourth-order valence-electron chi connectivity index (χ4n) is 2.67. The van der Waals surface area contributed by atoms with Crippen LogP contribution < -0.4 is 5.73 Å². The van der Waals surface area contributed by atoms with Crippen LogP contribution in [-0.2, 0) is 4.74 Å². The number of anilines is 1. The van der Waals surface area contributed by atoms with E-state index in [2.05, 4.69) is 9.97 Å². The third-order valence-corrected chi connectivity index (χ3v) is 3.64. The highest BCUT2D eigenvalue weighted by molar-refractivity contribution is 5.46. The van der Waals surface area contributed by atoms with Crippen molar-refractivity contribution in [3.8, 4) is 6.07 Å². The Balaban J connectivity index is 2.22. The Hall–Kier alpha value is -1.67. The van der Waals surface area contributed by atoms with Crippen LogP contribution in [0.15, 0.2) is 6.20 Å². The molecule has 2 N–H and O–H groups in total. The monoisotopic (exact) mass is 260 g/mol. The van der Waals surface area contributed by atoms with E-state index in [9.17, 15) is 0 Å².